The van der Waals surface area contributed by atoms with Crippen molar-refractivity contribution in [3.05, 3.63) is 52.3 Å². The number of halogens is 1. The molecular weight excluding hydrogens is 292 g/mol. The standard InChI is InChI=1S/C14H15BrN2O/c1-10-13(3-2-8-17-10)18-14-5-4-12(15)9-11(14)6-7-16/h2-5,8-9H,6-7,16H2,1H3. The van der Waals surface area contributed by atoms with Crippen LogP contribution in [0.2, 0.25) is 0 Å². The van der Waals surface area contributed by atoms with Crippen molar-refractivity contribution in [2.75, 3.05) is 6.54 Å². The van der Waals surface area contributed by atoms with E-state index in [-0.39, 0.29) is 0 Å². The van der Waals surface area contributed by atoms with Gasteiger partial charge in [-0.1, -0.05) is 15.9 Å². The summed E-state index contributed by atoms with van der Waals surface area (Å²) in [6, 6.07) is 9.72. The first-order chi connectivity index (χ1) is 8.70. The van der Waals surface area contributed by atoms with Crippen molar-refractivity contribution in [2.45, 2.75) is 13.3 Å². The molecular formula is C14H15BrN2O. The predicted octanol–water partition coefficient (Wildman–Crippen LogP) is 3.45. The molecule has 4 heteroatoms. The Morgan fingerprint density at radius 2 is 2.11 bits per heavy atom. The summed E-state index contributed by atoms with van der Waals surface area (Å²) in [6.45, 7) is 2.52. The molecule has 1 aromatic carbocycles. The molecule has 0 amide bonds. The van der Waals surface area contributed by atoms with Gasteiger partial charge in [0.05, 0.1) is 5.69 Å². The molecule has 0 bridgehead atoms. The van der Waals surface area contributed by atoms with Crippen LogP contribution in [0.25, 0.3) is 0 Å². The normalized spacial score (nSPS) is 10.4. The molecule has 18 heavy (non-hydrogen) atoms. The molecule has 0 spiro atoms. The van der Waals surface area contributed by atoms with Crippen LogP contribution in [-0.4, -0.2) is 11.5 Å². The van der Waals surface area contributed by atoms with E-state index in [9.17, 15) is 0 Å². The van der Waals surface area contributed by atoms with Crippen LogP contribution in [0, 0.1) is 6.92 Å². The lowest BCUT2D eigenvalue weighted by Gasteiger charge is -2.12. The van der Waals surface area contributed by atoms with Crippen LogP contribution in [0.5, 0.6) is 11.5 Å². The molecule has 0 aliphatic rings. The van der Waals surface area contributed by atoms with Gasteiger partial charge in [0.1, 0.15) is 11.5 Å². The van der Waals surface area contributed by atoms with Crippen LogP contribution in [0.3, 0.4) is 0 Å². The first kappa shape index (κ1) is 13.1. The lowest BCUT2D eigenvalue weighted by Crippen LogP contribution is -2.04. The second-order valence-electron chi connectivity index (χ2n) is 3.98. The SMILES string of the molecule is Cc1ncccc1Oc1ccc(Br)cc1CCN. The molecule has 0 fully saturated rings. The number of aromatic nitrogens is 1. The molecule has 2 aromatic rings. The van der Waals surface area contributed by atoms with Crippen molar-refractivity contribution in [2.24, 2.45) is 5.73 Å². The minimum atomic E-state index is 0.596. The van der Waals surface area contributed by atoms with Gasteiger partial charge in [0.25, 0.3) is 0 Å². The fourth-order valence-electron chi connectivity index (χ4n) is 1.69. The highest BCUT2D eigenvalue weighted by Crippen LogP contribution is 2.29. The highest BCUT2D eigenvalue weighted by molar-refractivity contribution is 9.10. The number of benzene rings is 1. The summed E-state index contributed by atoms with van der Waals surface area (Å²) in [7, 11) is 0. The van der Waals surface area contributed by atoms with Gasteiger partial charge < -0.3 is 10.5 Å². The van der Waals surface area contributed by atoms with Crippen LogP contribution < -0.4 is 10.5 Å². The molecule has 1 heterocycles. The fourth-order valence-corrected chi connectivity index (χ4v) is 2.10. The van der Waals surface area contributed by atoms with E-state index in [0.29, 0.717) is 6.54 Å². The van der Waals surface area contributed by atoms with E-state index in [1.54, 1.807) is 6.20 Å². The third-order valence-electron chi connectivity index (χ3n) is 2.61. The minimum absolute atomic E-state index is 0.596. The third kappa shape index (κ3) is 3.09. The van der Waals surface area contributed by atoms with E-state index in [1.165, 1.54) is 0 Å². The maximum atomic E-state index is 5.91. The smallest absolute Gasteiger partial charge is 0.148 e. The molecule has 0 saturated carbocycles. The highest BCUT2D eigenvalue weighted by Gasteiger charge is 2.07. The number of hydrogen-bond donors (Lipinski definition) is 1. The Bertz CT molecular complexity index is 543. The average Bonchev–Trinajstić information content (AvgIpc) is 2.35. The summed E-state index contributed by atoms with van der Waals surface area (Å²) in [6.07, 6.45) is 2.54. The molecule has 94 valence electrons. The largest absolute Gasteiger partial charge is 0.455 e. The summed E-state index contributed by atoms with van der Waals surface area (Å²) in [5.41, 5.74) is 7.59. The van der Waals surface area contributed by atoms with Crippen molar-refractivity contribution < 1.29 is 4.74 Å². The third-order valence-corrected chi connectivity index (χ3v) is 3.11. The van der Waals surface area contributed by atoms with E-state index in [4.69, 9.17) is 10.5 Å². The molecule has 2 rings (SSSR count). The summed E-state index contributed by atoms with van der Waals surface area (Å²) in [4.78, 5) is 4.21. The van der Waals surface area contributed by atoms with Gasteiger partial charge in [-0.25, -0.2) is 0 Å². The maximum Gasteiger partial charge on any atom is 0.148 e. The summed E-state index contributed by atoms with van der Waals surface area (Å²) in [5, 5.41) is 0. The Balaban J connectivity index is 2.31. The zero-order valence-corrected chi connectivity index (χ0v) is 11.8. The Hall–Kier alpha value is -1.39. The molecule has 0 atom stereocenters. The molecule has 0 radical (unpaired) electrons. The highest BCUT2D eigenvalue weighted by atomic mass is 79.9. The fraction of sp³-hybridized carbons (Fsp3) is 0.214. The van der Waals surface area contributed by atoms with Gasteiger partial charge in [0, 0.05) is 10.7 Å². The number of rotatable bonds is 4. The number of nitrogens with two attached hydrogens (primary N) is 1. The molecule has 2 N–H and O–H groups in total. The molecule has 0 unspecified atom stereocenters. The lowest BCUT2D eigenvalue weighted by molar-refractivity contribution is 0.469. The van der Waals surface area contributed by atoms with Crippen LogP contribution in [0.15, 0.2) is 41.0 Å². The first-order valence-electron chi connectivity index (χ1n) is 5.78. The average molecular weight is 307 g/mol. The maximum absolute atomic E-state index is 5.91. The van der Waals surface area contributed by atoms with Crippen molar-refractivity contribution in [1.29, 1.82) is 0 Å². The van der Waals surface area contributed by atoms with Crippen LogP contribution in [0.4, 0.5) is 0 Å². The van der Waals surface area contributed by atoms with Gasteiger partial charge in [-0.3, -0.25) is 4.98 Å². The number of nitrogens with zero attached hydrogens (tertiary/aromatic N) is 1. The van der Waals surface area contributed by atoms with Gasteiger partial charge in [-0.15, -0.1) is 0 Å². The van der Waals surface area contributed by atoms with Crippen molar-refractivity contribution in [3.63, 3.8) is 0 Å². The predicted molar refractivity (Wildman–Crippen MR) is 75.9 cm³/mol. The molecule has 0 aliphatic carbocycles. The second kappa shape index (κ2) is 5.98. The van der Waals surface area contributed by atoms with E-state index in [0.717, 1.165) is 33.6 Å². The van der Waals surface area contributed by atoms with Crippen molar-refractivity contribution in [1.82, 2.24) is 4.98 Å². The summed E-state index contributed by atoms with van der Waals surface area (Å²) in [5.74, 6) is 1.61. The van der Waals surface area contributed by atoms with E-state index in [2.05, 4.69) is 20.9 Å². The first-order valence-corrected chi connectivity index (χ1v) is 6.58. The molecule has 1 aromatic heterocycles. The summed E-state index contributed by atoms with van der Waals surface area (Å²) >= 11 is 3.46. The zero-order chi connectivity index (χ0) is 13.0. The van der Waals surface area contributed by atoms with Gasteiger partial charge in [0.2, 0.25) is 0 Å². The van der Waals surface area contributed by atoms with Crippen molar-refractivity contribution in [3.8, 4) is 11.5 Å². The molecule has 0 aliphatic heterocycles. The number of aryl methyl sites for hydroxylation is 1. The van der Waals surface area contributed by atoms with Crippen LogP contribution >= 0.6 is 15.9 Å². The van der Waals surface area contributed by atoms with Gasteiger partial charge in [0.15, 0.2) is 0 Å². The summed E-state index contributed by atoms with van der Waals surface area (Å²) < 4.78 is 6.94. The Morgan fingerprint density at radius 3 is 2.83 bits per heavy atom. The number of pyridine rings is 1. The monoisotopic (exact) mass is 306 g/mol. The van der Waals surface area contributed by atoms with Crippen LogP contribution in [0.1, 0.15) is 11.3 Å². The quantitative estimate of drug-likeness (QED) is 0.941. The van der Waals surface area contributed by atoms with Gasteiger partial charge >= 0.3 is 0 Å². The van der Waals surface area contributed by atoms with E-state index >= 15 is 0 Å². The van der Waals surface area contributed by atoms with Gasteiger partial charge in [-0.2, -0.15) is 0 Å². The lowest BCUT2D eigenvalue weighted by atomic mass is 10.1. The Labute approximate surface area is 115 Å². The second-order valence-corrected chi connectivity index (χ2v) is 4.90. The minimum Gasteiger partial charge on any atom is -0.455 e. The topological polar surface area (TPSA) is 48.1 Å². The Kier molecular flexibility index (Phi) is 4.33. The number of ether oxygens (including phenoxy) is 1. The van der Waals surface area contributed by atoms with E-state index < -0.39 is 0 Å². The van der Waals surface area contributed by atoms with Crippen molar-refractivity contribution >= 4 is 15.9 Å². The van der Waals surface area contributed by atoms with Crippen LogP contribution in [-0.2, 0) is 6.42 Å². The number of hydrogen-bond acceptors (Lipinski definition) is 3. The Morgan fingerprint density at radius 1 is 1.28 bits per heavy atom. The molecule has 0 saturated heterocycles. The van der Waals surface area contributed by atoms with Gasteiger partial charge in [-0.05, 0) is 55.8 Å². The zero-order valence-electron chi connectivity index (χ0n) is 10.2. The molecule has 3 nitrogen and oxygen atoms in total. The van der Waals surface area contributed by atoms with E-state index in [1.807, 2.05) is 37.3 Å².